The van der Waals surface area contributed by atoms with Crippen molar-refractivity contribution < 1.29 is 28.4 Å². The fourth-order valence-corrected chi connectivity index (χ4v) is 3.46. The lowest BCUT2D eigenvalue weighted by atomic mass is 10.1. The molecule has 10 nitrogen and oxygen atoms in total. The number of aromatic nitrogens is 1. The molecule has 2 amide bonds. The van der Waals surface area contributed by atoms with Crippen molar-refractivity contribution in [2.75, 3.05) is 23.4 Å². The third-order valence-electron chi connectivity index (χ3n) is 4.15. The third kappa shape index (κ3) is 4.37. The molecule has 1 aliphatic rings. The molecule has 1 aliphatic heterocycles. The second-order valence-electron chi connectivity index (χ2n) is 6.05. The number of nitro benzene ring substituents is 1. The molecule has 2 heterocycles. The Kier molecular flexibility index (Phi) is 5.82. The molecule has 0 aliphatic carbocycles. The molecule has 1 N–H and O–H groups in total. The third-order valence-corrected chi connectivity index (χ3v) is 4.91. The molecule has 0 bridgehead atoms. The van der Waals surface area contributed by atoms with E-state index in [1.54, 1.807) is 6.92 Å². The van der Waals surface area contributed by atoms with Crippen LogP contribution in [0.3, 0.4) is 0 Å². The van der Waals surface area contributed by atoms with E-state index < -0.39 is 40.1 Å². The number of amides is 2. The van der Waals surface area contributed by atoms with E-state index in [1.807, 2.05) is 0 Å². The van der Waals surface area contributed by atoms with Gasteiger partial charge in [0.05, 0.1) is 23.1 Å². The van der Waals surface area contributed by atoms with Crippen LogP contribution in [0.1, 0.15) is 23.8 Å². The summed E-state index contributed by atoms with van der Waals surface area (Å²) in [6, 6.07) is 3.10. The first-order valence-electron chi connectivity index (χ1n) is 8.48. The van der Waals surface area contributed by atoms with E-state index >= 15 is 0 Å². The van der Waals surface area contributed by atoms with Crippen molar-refractivity contribution in [3.8, 4) is 0 Å². The van der Waals surface area contributed by atoms with Crippen LogP contribution in [0.2, 0.25) is 0 Å². The number of halogens is 1. The molecule has 29 heavy (non-hydrogen) atoms. The summed E-state index contributed by atoms with van der Waals surface area (Å²) in [6.45, 7) is 1.83. The summed E-state index contributed by atoms with van der Waals surface area (Å²) in [7, 11) is 0. The van der Waals surface area contributed by atoms with E-state index in [1.165, 1.54) is 16.3 Å². The number of carbonyl (C=O) groups excluding carboxylic acids is 3. The fourth-order valence-electron chi connectivity index (χ4n) is 2.78. The smallest absolute Gasteiger partial charge is 0.357 e. The van der Waals surface area contributed by atoms with Crippen molar-refractivity contribution in [1.29, 1.82) is 0 Å². The summed E-state index contributed by atoms with van der Waals surface area (Å²) in [6.07, 6.45) is -0.118. The van der Waals surface area contributed by atoms with E-state index in [0.29, 0.717) is 0 Å². The highest BCUT2D eigenvalue weighted by Gasteiger charge is 2.36. The second kappa shape index (κ2) is 8.31. The quantitative estimate of drug-likeness (QED) is 0.429. The fraction of sp³-hybridized carbons (Fsp3) is 0.294. The molecular weight excluding hydrogens is 407 g/mol. The maximum Gasteiger partial charge on any atom is 0.357 e. The zero-order chi connectivity index (χ0) is 21.1. The lowest BCUT2D eigenvalue weighted by Gasteiger charge is -2.16. The first kappa shape index (κ1) is 20.3. The van der Waals surface area contributed by atoms with E-state index in [9.17, 15) is 28.9 Å². The molecule has 1 unspecified atom stereocenters. The first-order chi connectivity index (χ1) is 13.8. The van der Waals surface area contributed by atoms with Crippen molar-refractivity contribution in [2.45, 2.75) is 13.3 Å². The topological polar surface area (TPSA) is 132 Å². The number of nitrogens with one attached hydrogen (secondary N) is 1. The number of anilines is 2. The number of hydrogen-bond acceptors (Lipinski definition) is 8. The Morgan fingerprint density at radius 2 is 2.24 bits per heavy atom. The van der Waals surface area contributed by atoms with Gasteiger partial charge in [-0.15, -0.1) is 11.3 Å². The van der Waals surface area contributed by atoms with Gasteiger partial charge in [0.2, 0.25) is 17.6 Å². The minimum atomic E-state index is -1.01. The highest BCUT2D eigenvalue weighted by Crippen LogP contribution is 2.30. The SMILES string of the molecule is CCOC(=O)c1csc(NC(=O)C2CC(=O)N(c3ccc(F)c([N+](=O)[O-])c3)C2)n1. The summed E-state index contributed by atoms with van der Waals surface area (Å²) in [5.41, 5.74) is -0.551. The van der Waals surface area contributed by atoms with Gasteiger partial charge in [-0.2, -0.15) is 4.39 Å². The highest BCUT2D eigenvalue weighted by atomic mass is 32.1. The van der Waals surface area contributed by atoms with Crippen LogP contribution in [0.25, 0.3) is 0 Å². The molecule has 12 heteroatoms. The molecule has 0 saturated carbocycles. The second-order valence-corrected chi connectivity index (χ2v) is 6.90. The largest absolute Gasteiger partial charge is 0.461 e. The molecule has 1 saturated heterocycles. The molecular formula is C17H15FN4O6S. The lowest BCUT2D eigenvalue weighted by molar-refractivity contribution is -0.387. The number of nitro groups is 1. The van der Waals surface area contributed by atoms with Gasteiger partial charge in [-0.3, -0.25) is 19.7 Å². The Morgan fingerprint density at radius 1 is 1.48 bits per heavy atom. The number of thiazole rings is 1. The predicted molar refractivity (Wildman–Crippen MR) is 100 cm³/mol. The number of carbonyl (C=O) groups is 3. The van der Waals surface area contributed by atoms with Gasteiger partial charge in [-0.25, -0.2) is 9.78 Å². The molecule has 1 aromatic carbocycles. The number of nitrogens with zero attached hydrogens (tertiary/aromatic N) is 3. The van der Waals surface area contributed by atoms with Crippen molar-refractivity contribution in [2.24, 2.45) is 5.92 Å². The molecule has 3 rings (SSSR count). The summed E-state index contributed by atoms with van der Waals surface area (Å²) >= 11 is 1.04. The summed E-state index contributed by atoms with van der Waals surface area (Å²) in [5, 5.41) is 15.1. The van der Waals surface area contributed by atoms with Crippen LogP contribution in [0, 0.1) is 21.8 Å². The Morgan fingerprint density at radius 3 is 2.93 bits per heavy atom. The monoisotopic (exact) mass is 422 g/mol. The number of esters is 1. The maximum atomic E-state index is 13.5. The van der Waals surface area contributed by atoms with Gasteiger partial charge in [0.15, 0.2) is 10.8 Å². The van der Waals surface area contributed by atoms with E-state index in [2.05, 4.69) is 10.3 Å². The summed E-state index contributed by atoms with van der Waals surface area (Å²) in [4.78, 5) is 51.6. The molecule has 152 valence electrons. The van der Waals surface area contributed by atoms with Crippen molar-refractivity contribution in [3.05, 3.63) is 45.2 Å². The normalized spacial score (nSPS) is 16.0. The van der Waals surface area contributed by atoms with Gasteiger partial charge >= 0.3 is 11.7 Å². The molecule has 0 radical (unpaired) electrons. The van der Waals surface area contributed by atoms with Gasteiger partial charge in [-0.1, -0.05) is 0 Å². The lowest BCUT2D eigenvalue weighted by Crippen LogP contribution is -2.28. The van der Waals surface area contributed by atoms with E-state index in [-0.39, 0.29) is 36.1 Å². The van der Waals surface area contributed by atoms with Crippen molar-refractivity contribution in [3.63, 3.8) is 0 Å². The van der Waals surface area contributed by atoms with Gasteiger partial charge in [0.25, 0.3) is 0 Å². The standard InChI is InChI=1S/C17H15FN4O6S/c1-2-28-16(25)12-8-29-17(19-12)20-15(24)9-5-14(23)21(7-9)10-3-4-11(18)13(6-10)22(26)27/h3-4,6,8-9H,2,5,7H2,1H3,(H,19,20,24). The minimum Gasteiger partial charge on any atom is -0.461 e. The minimum absolute atomic E-state index is 0.0242. The maximum absolute atomic E-state index is 13.5. The average molecular weight is 422 g/mol. The molecule has 0 spiro atoms. The van der Waals surface area contributed by atoms with Crippen LogP contribution >= 0.6 is 11.3 Å². The Hall–Kier alpha value is -3.41. The first-order valence-corrected chi connectivity index (χ1v) is 9.36. The number of ether oxygens (including phenoxy) is 1. The van der Waals surface area contributed by atoms with Crippen LogP contribution in [-0.2, 0) is 14.3 Å². The van der Waals surface area contributed by atoms with Gasteiger partial charge < -0.3 is 15.0 Å². The molecule has 2 aromatic rings. The number of benzene rings is 1. The van der Waals surface area contributed by atoms with Gasteiger partial charge in [0, 0.05) is 24.4 Å². The van der Waals surface area contributed by atoms with Crippen LogP contribution in [-0.4, -0.2) is 40.8 Å². The summed E-state index contributed by atoms with van der Waals surface area (Å²) in [5.74, 6) is -3.26. The summed E-state index contributed by atoms with van der Waals surface area (Å²) < 4.78 is 18.3. The van der Waals surface area contributed by atoms with Crippen molar-refractivity contribution in [1.82, 2.24) is 4.98 Å². The van der Waals surface area contributed by atoms with Gasteiger partial charge in [0.1, 0.15) is 0 Å². The van der Waals surface area contributed by atoms with Crippen LogP contribution in [0.4, 0.5) is 20.9 Å². The van der Waals surface area contributed by atoms with Crippen LogP contribution in [0.5, 0.6) is 0 Å². The zero-order valence-corrected chi connectivity index (χ0v) is 15.9. The highest BCUT2D eigenvalue weighted by molar-refractivity contribution is 7.14. The predicted octanol–water partition coefficient (Wildman–Crippen LogP) is 2.36. The number of hydrogen-bond donors (Lipinski definition) is 1. The van der Waals surface area contributed by atoms with Gasteiger partial charge in [-0.05, 0) is 19.1 Å². The average Bonchev–Trinajstić information content (AvgIpc) is 3.29. The van der Waals surface area contributed by atoms with E-state index in [0.717, 1.165) is 23.5 Å². The Labute approximate surface area is 167 Å². The molecule has 1 fully saturated rings. The zero-order valence-electron chi connectivity index (χ0n) is 15.1. The van der Waals surface area contributed by atoms with Crippen LogP contribution < -0.4 is 10.2 Å². The van der Waals surface area contributed by atoms with E-state index in [4.69, 9.17) is 4.74 Å². The van der Waals surface area contributed by atoms with Crippen LogP contribution in [0.15, 0.2) is 23.6 Å². The molecule has 1 atom stereocenters. The number of rotatable bonds is 6. The van der Waals surface area contributed by atoms with Crippen molar-refractivity contribution >= 4 is 45.6 Å². The Balaban J connectivity index is 1.69. The molecule has 1 aromatic heterocycles. The Bertz CT molecular complexity index is 994.